The number of hydrogen-bond acceptors (Lipinski definition) is 1. The van der Waals surface area contributed by atoms with E-state index in [0.29, 0.717) is 5.57 Å². The molecule has 0 aromatic carbocycles. The van der Waals surface area contributed by atoms with E-state index in [-0.39, 0.29) is 6.61 Å². The van der Waals surface area contributed by atoms with Crippen LogP contribution in [0.25, 0.3) is 0 Å². The van der Waals surface area contributed by atoms with Gasteiger partial charge in [-0.2, -0.15) is 0 Å². The minimum absolute atomic E-state index is 0.0150. The maximum Gasteiger partial charge on any atom is 0.0756 e. The van der Waals surface area contributed by atoms with E-state index in [4.69, 9.17) is 5.11 Å². The highest BCUT2D eigenvalue weighted by molar-refractivity contribution is 5.24. The maximum absolute atomic E-state index is 8.50. The number of allylic oxidation sites excluding steroid dienone is 1. The average Bonchev–Trinajstić information content (AvgIpc) is 2.18. The van der Waals surface area contributed by atoms with Gasteiger partial charge >= 0.3 is 0 Å². The molecule has 1 heteroatoms. The lowest BCUT2D eigenvalue weighted by Gasteiger charge is -2.07. The molecular weight excluding hydrogens is 208 g/mol. The van der Waals surface area contributed by atoms with E-state index in [2.05, 4.69) is 46.2 Å². The van der Waals surface area contributed by atoms with Crippen molar-refractivity contribution in [2.45, 2.75) is 47.0 Å². The van der Waals surface area contributed by atoms with Gasteiger partial charge in [-0.3, -0.25) is 0 Å². The van der Waals surface area contributed by atoms with Crippen molar-refractivity contribution in [3.05, 3.63) is 42.2 Å². The fourth-order valence-electron chi connectivity index (χ4n) is 1.53. The van der Waals surface area contributed by atoms with Gasteiger partial charge in [-0.1, -0.05) is 45.4 Å². The van der Waals surface area contributed by atoms with Crippen LogP contribution in [0.15, 0.2) is 42.2 Å². The molecule has 1 atom stereocenters. The first-order chi connectivity index (χ1) is 7.88. The summed E-state index contributed by atoms with van der Waals surface area (Å²) in [5.74, 6) is 0.840. The third-order valence-electron chi connectivity index (χ3n) is 2.37. The van der Waals surface area contributed by atoms with Crippen LogP contribution in [-0.2, 0) is 0 Å². The Morgan fingerprint density at radius 1 is 1.29 bits per heavy atom. The molecule has 0 aliphatic rings. The molecule has 17 heavy (non-hydrogen) atoms. The van der Waals surface area contributed by atoms with E-state index in [1.165, 1.54) is 24.8 Å². The van der Waals surface area contributed by atoms with Gasteiger partial charge in [0.2, 0.25) is 0 Å². The molecule has 0 heterocycles. The summed E-state index contributed by atoms with van der Waals surface area (Å²) in [6, 6.07) is 0. The predicted molar refractivity (Wildman–Crippen MR) is 78.1 cm³/mol. The van der Waals surface area contributed by atoms with Crippen LogP contribution in [0, 0.1) is 5.92 Å². The molecule has 0 amide bonds. The molecule has 0 rings (SSSR count). The van der Waals surface area contributed by atoms with Crippen LogP contribution in [0.5, 0.6) is 0 Å². The molecule has 1 N–H and O–H groups in total. The summed E-state index contributed by atoms with van der Waals surface area (Å²) in [6.07, 6.45) is 3.84. The number of rotatable bonds is 6. The van der Waals surface area contributed by atoms with E-state index < -0.39 is 0 Å². The highest BCUT2D eigenvalue weighted by Crippen LogP contribution is 2.13. The fraction of sp³-hybridized carbons (Fsp3) is 0.562. The number of hydrogen-bond donors (Lipinski definition) is 1. The quantitative estimate of drug-likeness (QED) is 0.404. The normalized spacial score (nSPS) is 10.6. The molecule has 1 unspecified atom stereocenters. The highest BCUT2D eigenvalue weighted by atomic mass is 16.3. The van der Waals surface area contributed by atoms with Crippen LogP contribution in [0.4, 0.5) is 0 Å². The summed E-state index contributed by atoms with van der Waals surface area (Å²) in [4.78, 5) is 0. The molecule has 0 saturated carbocycles. The average molecular weight is 236 g/mol. The lowest BCUT2D eigenvalue weighted by molar-refractivity contribution is 0.334. The first-order valence-electron chi connectivity index (χ1n) is 6.18. The largest absolute Gasteiger partial charge is 0.391 e. The van der Waals surface area contributed by atoms with Crippen molar-refractivity contribution in [1.29, 1.82) is 0 Å². The second kappa shape index (κ2) is 11.4. The van der Waals surface area contributed by atoms with Gasteiger partial charge in [0.25, 0.3) is 0 Å². The lowest BCUT2D eigenvalue weighted by atomic mass is 9.99. The molecule has 0 aliphatic heterocycles. The molecule has 1 nitrogen and oxygen atoms in total. The Kier molecular flexibility index (Phi) is 12.3. The van der Waals surface area contributed by atoms with Gasteiger partial charge in [0.1, 0.15) is 0 Å². The number of aliphatic hydroxyl groups excluding tert-OH is 1. The summed E-state index contributed by atoms with van der Waals surface area (Å²) >= 11 is 0. The molecular formula is C16H28O. The van der Waals surface area contributed by atoms with Gasteiger partial charge in [0.05, 0.1) is 6.61 Å². The summed E-state index contributed by atoms with van der Waals surface area (Å²) in [5.41, 5.74) is 5.39. The fourth-order valence-corrected chi connectivity index (χ4v) is 1.53. The first kappa shape index (κ1) is 18.3. The molecule has 0 bridgehead atoms. The molecule has 0 aliphatic carbocycles. The molecule has 98 valence electrons. The van der Waals surface area contributed by atoms with Gasteiger partial charge in [-0.15, -0.1) is 12.3 Å². The van der Waals surface area contributed by atoms with E-state index >= 15 is 0 Å². The van der Waals surface area contributed by atoms with Crippen molar-refractivity contribution in [1.82, 2.24) is 0 Å². The zero-order valence-corrected chi connectivity index (χ0v) is 12.0. The van der Waals surface area contributed by atoms with Crippen LogP contribution in [-0.4, -0.2) is 11.7 Å². The van der Waals surface area contributed by atoms with Gasteiger partial charge in [-0.05, 0) is 31.8 Å². The number of aliphatic hydroxyl groups is 1. The molecule has 0 fully saturated rings. The Morgan fingerprint density at radius 3 is 2.00 bits per heavy atom. The van der Waals surface area contributed by atoms with Gasteiger partial charge < -0.3 is 5.11 Å². The van der Waals surface area contributed by atoms with E-state index in [0.717, 1.165) is 11.5 Å². The van der Waals surface area contributed by atoms with Crippen molar-refractivity contribution in [2.24, 2.45) is 5.92 Å². The SMILES string of the molecule is C=C(C)CC(C)CCC.C=C=C(CO)C(=C)C. The Labute approximate surface area is 107 Å². The monoisotopic (exact) mass is 236 g/mol. The van der Waals surface area contributed by atoms with Crippen molar-refractivity contribution in [3.63, 3.8) is 0 Å². The second-order valence-electron chi connectivity index (χ2n) is 4.65. The Bertz CT molecular complexity index is 280. The van der Waals surface area contributed by atoms with Crippen LogP contribution in [0.1, 0.15) is 47.0 Å². The summed E-state index contributed by atoms with van der Waals surface area (Å²) < 4.78 is 0. The van der Waals surface area contributed by atoms with Crippen molar-refractivity contribution < 1.29 is 5.11 Å². The van der Waals surface area contributed by atoms with Crippen LogP contribution < -0.4 is 0 Å². The first-order valence-corrected chi connectivity index (χ1v) is 6.18. The molecule has 0 saturated heterocycles. The van der Waals surface area contributed by atoms with E-state index in [1.54, 1.807) is 0 Å². The second-order valence-corrected chi connectivity index (χ2v) is 4.65. The third kappa shape index (κ3) is 12.9. The molecule has 0 spiro atoms. The predicted octanol–water partition coefficient (Wildman–Crippen LogP) is 4.65. The lowest BCUT2D eigenvalue weighted by Crippen LogP contribution is -1.93. The van der Waals surface area contributed by atoms with Gasteiger partial charge in [-0.25, -0.2) is 0 Å². The van der Waals surface area contributed by atoms with Gasteiger partial charge in [0.15, 0.2) is 0 Å². The molecule has 0 aromatic heterocycles. The Morgan fingerprint density at radius 2 is 1.82 bits per heavy atom. The van der Waals surface area contributed by atoms with Gasteiger partial charge in [0, 0.05) is 5.57 Å². The summed E-state index contributed by atoms with van der Waals surface area (Å²) in [6.45, 7) is 19.3. The van der Waals surface area contributed by atoms with Crippen LogP contribution in [0.3, 0.4) is 0 Å². The summed E-state index contributed by atoms with van der Waals surface area (Å²) in [5, 5.41) is 8.50. The van der Waals surface area contributed by atoms with Crippen molar-refractivity contribution in [3.8, 4) is 0 Å². The third-order valence-corrected chi connectivity index (χ3v) is 2.37. The van der Waals surface area contributed by atoms with Crippen molar-refractivity contribution in [2.75, 3.05) is 6.61 Å². The zero-order valence-electron chi connectivity index (χ0n) is 12.0. The Hall–Kier alpha value is -1.04. The topological polar surface area (TPSA) is 20.2 Å². The highest BCUT2D eigenvalue weighted by Gasteiger charge is 1.98. The minimum atomic E-state index is -0.0150. The smallest absolute Gasteiger partial charge is 0.0756 e. The van der Waals surface area contributed by atoms with E-state index in [9.17, 15) is 0 Å². The maximum atomic E-state index is 8.50. The zero-order chi connectivity index (χ0) is 13.8. The minimum Gasteiger partial charge on any atom is -0.391 e. The van der Waals surface area contributed by atoms with Crippen molar-refractivity contribution >= 4 is 0 Å². The molecule has 0 aromatic rings. The van der Waals surface area contributed by atoms with E-state index in [1.807, 2.05) is 6.92 Å². The standard InChI is InChI=1S/C9H18.C7H10O/c1-5-6-9(4)7-8(2)3;1-4-7(5-8)6(2)3/h9H,2,5-7H2,1,3-4H3;8H,1-2,5H2,3H3. The van der Waals surface area contributed by atoms with Crippen LogP contribution >= 0.6 is 0 Å². The molecule has 0 radical (unpaired) electrons. The van der Waals surface area contributed by atoms with Crippen LogP contribution in [0.2, 0.25) is 0 Å². The summed E-state index contributed by atoms with van der Waals surface area (Å²) in [7, 11) is 0. The Balaban J connectivity index is 0.